The molecule has 0 fully saturated rings. The van der Waals surface area contributed by atoms with Crippen LogP contribution in [-0.2, 0) is 24.3 Å². The summed E-state index contributed by atoms with van der Waals surface area (Å²) < 4.78 is 7.25. The van der Waals surface area contributed by atoms with Crippen LogP contribution in [0.15, 0.2) is 35.6 Å². The number of methoxy groups -OCH3 is 1. The van der Waals surface area contributed by atoms with E-state index < -0.39 is 0 Å². The Bertz CT molecular complexity index is 786. The number of hydrogen-bond donors (Lipinski definition) is 2. The summed E-state index contributed by atoms with van der Waals surface area (Å²) in [6.45, 7) is 4.02. The van der Waals surface area contributed by atoms with E-state index in [1.807, 2.05) is 35.8 Å². The van der Waals surface area contributed by atoms with Gasteiger partial charge in [0.1, 0.15) is 17.9 Å². The molecule has 0 unspecified atom stereocenters. The van der Waals surface area contributed by atoms with Gasteiger partial charge >= 0.3 is 0 Å². The number of aliphatic imine (C=N–C) groups is 1. The number of amides is 1. The van der Waals surface area contributed by atoms with Gasteiger partial charge in [-0.2, -0.15) is 0 Å². The fourth-order valence-corrected chi connectivity index (χ4v) is 2.47. The first-order valence-electron chi connectivity index (χ1n) is 9.25. The number of benzene rings is 1. The maximum atomic E-state index is 11.9. The SMILES string of the molecule is CCc1nncn1CCNC(=NCc1cccc(OC)c1)NCC(=O)N(C)C. The number of carbonyl (C=O) groups excluding carboxylic acids is 1. The molecule has 1 heterocycles. The topological polar surface area (TPSA) is 96.7 Å². The van der Waals surface area contributed by atoms with E-state index in [1.54, 1.807) is 27.5 Å². The highest BCUT2D eigenvalue weighted by Gasteiger charge is 2.07. The molecule has 2 N–H and O–H groups in total. The van der Waals surface area contributed by atoms with Crippen molar-refractivity contribution < 1.29 is 9.53 Å². The molecule has 0 spiro atoms. The monoisotopic (exact) mass is 387 g/mol. The average molecular weight is 387 g/mol. The van der Waals surface area contributed by atoms with Crippen LogP contribution >= 0.6 is 0 Å². The molecule has 0 aliphatic heterocycles. The Balaban J connectivity index is 1.99. The van der Waals surface area contributed by atoms with E-state index in [0.717, 1.165) is 23.6 Å². The Kier molecular flexibility index (Phi) is 8.26. The second kappa shape index (κ2) is 10.9. The van der Waals surface area contributed by atoms with Gasteiger partial charge in [0, 0.05) is 33.6 Å². The van der Waals surface area contributed by atoms with Crippen LogP contribution in [0.2, 0.25) is 0 Å². The van der Waals surface area contributed by atoms with Crippen molar-refractivity contribution in [1.29, 1.82) is 0 Å². The molecule has 1 aromatic heterocycles. The normalized spacial score (nSPS) is 11.2. The fourth-order valence-electron chi connectivity index (χ4n) is 2.47. The third-order valence-corrected chi connectivity index (χ3v) is 4.12. The van der Waals surface area contributed by atoms with Crippen LogP contribution in [0.1, 0.15) is 18.3 Å². The lowest BCUT2D eigenvalue weighted by Crippen LogP contribution is -2.43. The molecular weight excluding hydrogens is 358 g/mol. The number of nitrogens with zero attached hydrogens (tertiary/aromatic N) is 5. The third kappa shape index (κ3) is 6.57. The Morgan fingerprint density at radius 2 is 2.14 bits per heavy atom. The minimum atomic E-state index is -0.0250. The summed E-state index contributed by atoms with van der Waals surface area (Å²) in [6.07, 6.45) is 2.54. The van der Waals surface area contributed by atoms with Crippen molar-refractivity contribution in [2.75, 3.05) is 34.3 Å². The van der Waals surface area contributed by atoms with Crippen LogP contribution in [0.25, 0.3) is 0 Å². The molecule has 9 heteroatoms. The molecule has 28 heavy (non-hydrogen) atoms. The van der Waals surface area contributed by atoms with Gasteiger partial charge in [-0.1, -0.05) is 19.1 Å². The molecule has 0 bridgehead atoms. The van der Waals surface area contributed by atoms with E-state index in [1.165, 1.54) is 4.90 Å². The predicted octanol–water partition coefficient (Wildman–Crippen LogP) is 0.673. The van der Waals surface area contributed by atoms with Gasteiger partial charge in [-0.3, -0.25) is 4.79 Å². The van der Waals surface area contributed by atoms with Crippen molar-refractivity contribution in [3.8, 4) is 5.75 Å². The van der Waals surface area contributed by atoms with Gasteiger partial charge in [-0.15, -0.1) is 10.2 Å². The first-order chi connectivity index (χ1) is 13.5. The van der Waals surface area contributed by atoms with Gasteiger partial charge in [0.05, 0.1) is 20.2 Å². The largest absolute Gasteiger partial charge is 0.497 e. The maximum Gasteiger partial charge on any atom is 0.241 e. The van der Waals surface area contributed by atoms with Crippen molar-refractivity contribution in [3.05, 3.63) is 42.0 Å². The quantitative estimate of drug-likeness (QED) is 0.485. The zero-order valence-corrected chi connectivity index (χ0v) is 17.0. The number of nitrogens with one attached hydrogen (secondary N) is 2. The van der Waals surface area contributed by atoms with E-state index in [2.05, 4.69) is 25.8 Å². The summed E-state index contributed by atoms with van der Waals surface area (Å²) in [4.78, 5) is 18.0. The van der Waals surface area contributed by atoms with Crippen molar-refractivity contribution in [2.24, 2.45) is 4.99 Å². The molecule has 2 aromatic rings. The van der Waals surface area contributed by atoms with Crippen LogP contribution in [-0.4, -0.2) is 65.8 Å². The Labute approximate surface area is 165 Å². The fraction of sp³-hybridized carbons (Fsp3) is 0.474. The Morgan fingerprint density at radius 1 is 1.32 bits per heavy atom. The van der Waals surface area contributed by atoms with E-state index in [-0.39, 0.29) is 12.5 Å². The zero-order chi connectivity index (χ0) is 20.4. The van der Waals surface area contributed by atoms with Crippen LogP contribution in [0, 0.1) is 0 Å². The maximum absolute atomic E-state index is 11.9. The van der Waals surface area contributed by atoms with Gasteiger partial charge in [0.15, 0.2) is 5.96 Å². The summed E-state index contributed by atoms with van der Waals surface area (Å²) in [5, 5.41) is 14.4. The highest BCUT2D eigenvalue weighted by Crippen LogP contribution is 2.13. The average Bonchev–Trinajstić information content (AvgIpc) is 3.16. The molecular formula is C19H29N7O2. The summed E-state index contributed by atoms with van der Waals surface area (Å²) in [5.74, 6) is 2.28. The molecule has 152 valence electrons. The molecule has 0 saturated heterocycles. The molecule has 0 saturated carbocycles. The standard InChI is InChI=1S/C19H29N7O2/c1-5-17-24-23-14-26(17)10-9-20-19(22-13-18(27)25(2)3)21-12-15-7-6-8-16(11-15)28-4/h6-8,11,14H,5,9-10,12-13H2,1-4H3,(H2,20,21,22). The highest BCUT2D eigenvalue weighted by molar-refractivity contribution is 5.86. The van der Waals surface area contributed by atoms with Gasteiger partial charge in [0.2, 0.25) is 5.91 Å². The summed E-state index contributed by atoms with van der Waals surface area (Å²) in [7, 11) is 5.09. The number of aromatic nitrogens is 3. The number of hydrogen-bond acceptors (Lipinski definition) is 5. The Hall–Kier alpha value is -3.10. The third-order valence-electron chi connectivity index (χ3n) is 4.12. The number of carbonyl (C=O) groups is 1. The van der Waals surface area contributed by atoms with Crippen LogP contribution in [0.4, 0.5) is 0 Å². The predicted molar refractivity (Wildman–Crippen MR) is 108 cm³/mol. The molecule has 0 aliphatic carbocycles. The lowest BCUT2D eigenvalue weighted by molar-refractivity contribution is -0.127. The van der Waals surface area contributed by atoms with Crippen LogP contribution < -0.4 is 15.4 Å². The number of guanidine groups is 1. The first kappa shape index (κ1) is 21.2. The molecule has 0 aliphatic rings. The van der Waals surface area contributed by atoms with Crippen molar-refractivity contribution in [2.45, 2.75) is 26.4 Å². The number of ether oxygens (including phenoxy) is 1. The molecule has 2 rings (SSSR count). The summed E-state index contributed by atoms with van der Waals surface area (Å²) >= 11 is 0. The number of rotatable bonds is 9. The molecule has 0 radical (unpaired) electrons. The Morgan fingerprint density at radius 3 is 2.86 bits per heavy atom. The van der Waals surface area contributed by atoms with Crippen LogP contribution in [0.5, 0.6) is 5.75 Å². The lowest BCUT2D eigenvalue weighted by atomic mass is 10.2. The molecule has 0 atom stereocenters. The molecule has 9 nitrogen and oxygen atoms in total. The van der Waals surface area contributed by atoms with E-state index in [0.29, 0.717) is 25.6 Å². The van der Waals surface area contributed by atoms with Gasteiger partial charge in [-0.25, -0.2) is 4.99 Å². The molecule has 1 amide bonds. The lowest BCUT2D eigenvalue weighted by Gasteiger charge is -2.15. The van der Waals surface area contributed by atoms with Gasteiger partial charge in [-0.05, 0) is 17.7 Å². The van der Waals surface area contributed by atoms with Gasteiger partial charge < -0.3 is 24.8 Å². The smallest absolute Gasteiger partial charge is 0.241 e. The number of aryl methyl sites for hydroxylation is 1. The first-order valence-corrected chi connectivity index (χ1v) is 9.25. The highest BCUT2D eigenvalue weighted by atomic mass is 16.5. The zero-order valence-electron chi connectivity index (χ0n) is 17.0. The second-order valence-electron chi connectivity index (χ2n) is 6.38. The van der Waals surface area contributed by atoms with Crippen molar-refractivity contribution >= 4 is 11.9 Å². The van der Waals surface area contributed by atoms with Gasteiger partial charge in [0.25, 0.3) is 0 Å². The van der Waals surface area contributed by atoms with Crippen LogP contribution in [0.3, 0.4) is 0 Å². The summed E-state index contributed by atoms with van der Waals surface area (Å²) in [6, 6.07) is 7.75. The van der Waals surface area contributed by atoms with Crippen molar-refractivity contribution in [3.63, 3.8) is 0 Å². The molecule has 1 aromatic carbocycles. The summed E-state index contributed by atoms with van der Waals surface area (Å²) in [5.41, 5.74) is 1.02. The minimum Gasteiger partial charge on any atom is -0.497 e. The van der Waals surface area contributed by atoms with E-state index >= 15 is 0 Å². The van der Waals surface area contributed by atoms with E-state index in [4.69, 9.17) is 4.74 Å². The number of likely N-dealkylation sites (N-methyl/N-ethyl adjacent to an activating group) is 1. The van der Waals surface area contributed by atoms with Crippen molar-refractivity contribution in [1.82, 2.24) is 30.3 Å². The minimum absolute atomic E-state index is 0.0250. The second-order valence-corrected chi connectivity index (χ2v) is 6.38. The van der Waals surface area contributed by atoms with E-state index in [9.17, 15) is 4.79 Å².